The van der Waals surface area contributed by atoms with Gasteiger partial charge >= 0.3 is 0 Å². The molecule has 0 fully saturated rings. The average molecular weight is 599 g/mol. The largest absolute Gasteiger partial charge is 0.389 e. The lowest BCUT2D eigenvalue weighted by Crippen LogP contribution is -2.49. The fraction of sp³-hybridized carbons (Fsp3) is 0.375. The van der Waals surface area contributed by atoms with Gasteiger partial charge in [0.15, 0.2) is 5.78 Å². The molecule has 0 saturated heterocycles. The van der Waals surface area contributed by atoms with E-state index in [1.54, 1.807) is 6.92 Å². The van der Waals surface area contributed by atoms with Crippen LogP contribution in [0.25, 0.3) is 0 Å². The lowest BCUT2D eigenvalue weighted by molar-refractivity contribution is -0.135. The topological polar surface area (TPSA) is 77.8 Å². The molecule has 3 unspecified atom stereocenters. The van der Waals surface area contributed by atoms with Gasteiger partial charge in [0.05, 0.1) is 12.2 Å². The molecule has 0 aromatic carbocycles. The SMILES string of the molecule is CC(C)=CC(O)C/C(C)=C/C=C/C(C)=C/C=C/C(C)=C/C=C/C=C(C)/C=C/C=C(C)/C=C/C1=C(C)C(=O)C(O)C(O)C1(C)C. The molecule has 1 rings (SSSR count). The molecule has 238 valence electrons. The van der Waals surface area contributed by atoms with Crippen molar-refractivity contribution in [1.82, 2.24) is 0 Å². The van der Waals surface area contributed by atoms with Gasteiger partial charge in [-0.25, -0.2) is 0 Å². The molecular weight excluding hydrogens is 544 g/mol. The van der Waals surface area contributed by atoms with E-state index in [1.165, 1.54) is 0 Å². The van der Waals surface area contributed by atoms with E-state index in [0.29, 0.717) is 12.0 Å². The highest BCUT2D eigenvalue weighted by atomic mass is 16.3. The first-order valence-electron chi connectivity index (χ1n) is 15.2. The number of carbonyl (C=O) groups excluding carboxylic acids is 1. The molecule has 3 N–H and O–H groups in total. The van der Waals surface area contributed by atoms with Crippen molar-refractivity contribution in [2.24, 2.45) is 5.41 Å². The first-order chi connectivity index (χ1) is 20.6. The molecule has 0 aromatic heterocycles. The molecule has 4 nitrogen and oxygen atoms in total. The zero-order valence-corrected chi connectivity index (χ0v) is 28.4. The average Bonchev–Trinajstić information content (AvgIpc) is 2.92. The fourth-order valence-corrected chi connectivity index (χ4v) is 4.64. The third kappa shape index (κ3) is 13.8. The number of aliphatic hydroxyl groups excluding tert-OH is 3. The van der Waals surface area contributed by atoms with Crippen LogP contribution in [0.3, 0.4) is 0 Å². The normalized spacial score (nSPS) is 22.1. The predicted molar refractivity (Wildman–Crippen MR) is 188 cm³/mol. The van der Waals surface area contributed by atoms with Crippen LogP contribution in [-0.2, 0) is 4.79 Å². The van der Waals surface area contributed by atoms with Gasteiger partial charge in [-0.1, -0.05) is 145 Å². The Morgan fingerprint density at radius 2 is 1.16 bits per heavy atom. The first kappa shape index (κ1) is 38.5. The highest BCUT2D eigenvalue weighted by molar-refractivity contribution is 6.01. The van der Waals surface area contributed by atoms with Gasteiger partial charge in [-0.2, -0.15) is 0 Å². The van der Waals surface area contributed by atoms with Gasteiger partial charge < -0.3 is 15.3 Å². The van der Waals surface area contributed by atoms with Gasteiger partial charge in [0.2, 0.25) is 0 Å². The van der Waals surface area contributed by atoms with Gasteiger partial charge in [-0.15, -0.1) is 0 Å². The van der Waals surface area contributed by atoms with Crippen LogP contribution in [0, 0.1) is 5.41 Å². The van der Waals surface area contributed by atoms with Crippen LogP contribution in [0.1, 0.15) is 75.7 Å². The quantitative estimate of drug-likeness (QED) is 0.146. The van der Waals surface area contributed by atoms with Crippen molar-refractivity contribution in [3.63, 3.8) is 0 Å². The summed E-state index contributed by atoms with van der Waals surface area (Å²) in [6.45, 7) is 19.5. The zero-order chi connectivity index (χ0) is 33.4. The Bertz CT molecular complexity index is 1370. The van der Waals surface area contributed by atoms with Crippen molar-refractivity contribution in [3.05, 3.63) is 142 Å². The molecule has 3 atom stereocenters. The van der Waals surface area contributed by atoms with Gasteiger partial charge in [-0.05, 0) is 73.0 Å². The smallest absolute Gasteiger partial charge is 0.189 e. The third-order valence-electron chi connectivity index (χ3n) is 7.35. The minimum Gasteiger partial charge on any atom is -0.389 e. The molecule has 0 amide bonds. The Balaban J connectivity index is 2.69. The summed E-state index contributed by atoms with van der Waals surface area (Å²) in [7, 11) is 0. The van der Waals surface area contributed by atoms with Crippen molar-refractivity contribution in [2.45, 2.75) is 94.0 Å². The van der Waals surface area contributed by atoms with E-state index in [2.05, 4.69) is 38.2 Å². The van der Waals surface area contributed by atoms with Crippen molar-refractivity contribution >= 4 is 5.78 Å². The number of ketones is 1. The maximum absolute atomic E-state index is 12.3. The van der Waals surface area contributed by atoms with Crippen molar-refractivity contribution < 1.29 is 20.1 Å². The maximum Gasteiger partial charge on any atom is 0.189 e. The van der Waals surface area contributed by atoms with Crippen molar-refractivity contribution in [3.8, 4) is 0 Å². The van der Waals surface area contributed by atoms with Crippen LogP contribution in [-0.4, -0.2) is 39.4 Å². The van der Waals surface area contributed by atoms with Gasteiger partial charge in [0.25, 0.3) is 0 Å². The van der Waals surface area contributed by atoms with E-state index < -0.39 is 29.5 Å². The molecule has 4 heteroatoms. The second-order valence-corrected chi connectivity index (χ2v) is 12.5. The Morgan fingerprint density at radius 3 is 1.64 bits per heavy atom. The van der Waals surface area contributed by atoms with Gasteiger partial charge in [0.1, 0.15) is 6.10 Å². The molecule has 0 aromatic rings. The second kappa shape index (κ2) is 19.0. The highest BCUT2D eigenvalue weighted by Crippen LogP contribution is 2.40. The number of aliphatic hydroxyl groups is 3. The van der Waals surface area contributed by atoms with E-state index in [0.717, 1.165) is 39.0 Å². The van der Waals surface area contributed by atoms with Crippen molar-refractivity contribution in [2.75, 3.05) is 0 Å². The number of Topliss-reactive ketones (excluding diaryl/α,β-unsaturated/α-hetero) is 1. The van der Waals surface area contributed by atoms with E-state index >= 15 is 0 Å². The molecule has 1 aliphatic rings. The lowest BCUT2D eigenvalue weighted by atomic mass is 9.69. The first-order valence-corrected chi connectivity index (χ1v) is 15.2. The zero-order valence-electron chi connectivity index (χ0n) is 28.4. The molecule has 0 spiro atoms. The summed E-state index contributed by atoms with van der Waals surface area (Å²) in [5.74, 6) is -0.420. The Kier molecular flexibility index (Phi) is 16.6. The van der Waals surface area contributed by atoms with Crippen molar-refractivity contribution in [1.29, 1.82) is 0 Å². The van der Waals surface area contributed by atoms with Gasteiger partial charge in [-0.3, -0.25) is 4.79 Å². The van der Waals surface area contributed by atoms with E-state index in [-0.39, 0.29) is 0 Å². The highest BCUT2D eigenvalue weighted by Gasteiger charge is 2.44. The van der Waals surface area contributed by atoms with Crippen LogP contribution >= 0.6 is 0 Å². The summed E-state index contributed by atoms with van der Waals surface area (Å²) >= 11 is 0. The number of hydrogen-bond acceptors (Lipinski definition) is 4. The molecule has 1 aliphatic carbocycles. The third-order valence-corrected chi connectivity index (χ3v) is 7.35. The molecule has 0 aliphatic heterocycles. The summed E-state index contributed by atoms with van der Waals surface area (Å²) in [6, 6.07) is 0. The van der Waals surface area contributed by atoms with Crippen LogP contribution in [0.5, 0.6) is 0 Å². The summed E-state index contributed by atoms with van der Waals surface area (Å²) in [6.07, 6.45) is 29.8. The molecule has 0 saturated carbocycles. The fourth-order valence-electron chi connectivity index (χ4n) is 4.64. The molecule has 0 bridgehead atoms. The monoisotopic (exact) mass is 598 g/mol. The van der Waals surface area contributed by atoms with E-state index in [1.807, 2.05) is 121 Å². The number of carbonyl (C=O) groups is 1. The Labute approximate surface area is 266 Å². The molecule has 0 heterocycles. The van der Waals surface area contributed by atoms with Crippen LogP contribution in [0.2, 0.25) is 0 Å². The van der Waals surface area contributed by atoms with E-state index in [4.69, 9.17) is 0 Å². The lowest BCUT2D eigenvalue weighted by Gasteiger charge is -2.39. The number of rotatable bonds is 13. The standard InChI is InChI=1S/C40H54O4/c1-28(2)26-35(41)27-33(7)23-15-21-31(5)20-13-18-29(3)16-11-12-17-30(4)19-14-22-32(6)24-25-36-34(8)37(42)38(43)39(44)40(36,9)10/h11-26,35,38-39,41,43-44H,27H2,1-10H3/b12-11+,18-13+,19-14+,21-15+,25-24+,29-16+,30-17+,31-20+,32-22+,33-23+. The van der Waals surface area contributed by atoms with Crippen LogP contribution in [0.15, 0.2) is 142 Å². The summed E-state index contributed by atoms with van der Waals surface area (Å²) in [4.78, 5) is 12.3. The Hall–Kier alpha value is -3.57. The number of hydrogen-bond donors (Lipinski definition) is 3. The van der Waals surface area contributed by atoms with Gasteiger partial charge in [0, 0.05) is 5.41 Å². The Morgan fingerprint density at radius 1 is 0.727 bits per heavy atom. The molecule has 0 radical (unpaired) electrons. The minimum atomic E-state index is -1.38. The summed E-state index contributed by atoms with van der Waals surface area (Å²) in [5, 5.41) is 30.4. The van der Waals surface area contributed by atoms with E-state index in [9.17, 15) is 20.1 Å². The maximum atomic E-state index is 12.3. The summed E-state index contributed by atoms with van der Waals surface area (Å²) < 4.78 is 0. The molecular formula is C40H54O4. The second-order valence-electron chi connectivity index (χ2n) is 12.5. The van der Waals surface area contributed by atoms with Crippen LogP contribution in [0.4, 0.5) is 0 Å². The summed E-state index contributed by atoms with van der Waals surface area (Å²) in [5.41, 5.74) is 7.15. The number of allylic oxidation sites excluding steroid dienone is 20. The van der Waals surface area contributed by atoms with Crippen LogP contribution < -0.4 is 0 Å². The predicted octanol–water partition coefficient (Wildman–Crippen LogP) is 8.86. The molecule has 44 heavy (non-hydrogen) atoms. The minimum absolute atomic E-state index is 0.420.